The maximum Gasteiger partial charge on any atom is 0.416 e. The van der Waals surface area contributed by atoms with E-state index in [1.807, 2.05) is 0 Å². The largest absolute Gasteiger partial charge is 0.416 e. The molecule has 0 aromatic heterocycles. The maximum atomic E-state index is 13.2. The highest BCUT2D eigenvalue weighted by Gasteiger charge is 2.39. The van der Waals surface area contributed by atoms with Gasteiger partial charge in [-0.2, -0.15) is 26.3 Å². The van der Waals surface area contributed by atoms with Crippen LogP contribution < -0.4 is 5.73 Å². The zero-order chi connectivity index (χ0) is 18.8. The lowest BCUT2D eigenvalue weighted by Crippen LogP contribution is -2.30. The lowest BCUT2D eigenvalue weighted by atomic mass is 9.92. The van der Waals surface area contributed by atoms with E-state index in [2.05, 4.69) is 0 Å². The minimum absolute atomic E-state index is 0.0183. The second-order valence-corrected chi connectivity index (χ2v) is 5.58. The summed E-state index contributed by atoms with van der Waals surface area (Å²) in [5, 5.41) is 10.1. The van der Waals surface area contributed by atoms with E-state index in [1.54, 1.807) is 30.3 Å². The number of benzene rings is 2. The van der Waals surface area contributed by atoms with Crippen LogP contribution in [-0.2, 0) is 18.8 Å². The van der Waals surface area contributed by atoms with Gasteiger partial charge in [0.2, 0.25) is 0 Å². The molecule has 8 heteroatoms. The molecule has 3 N–H and O–H groups in total. The summed E-state index contributed by atoms with van der Waals surface area (Å²) in [4.78, 5) is 0. The number of alkyl halides is 6. The summed E-state index contributed by atoms with van der Waals surface area (Å²) in [7, 11) is 0. The van der Waals surface area contributed by atoms with Gasteiger partial charge in [-0.3, -0.25) is 0 Å². The quantitative estimate of drug-likeness (QED) is 0.795. The van der Waals surface area contributed by atoms with Gasteiger partial charge in [-0.25, -0.2) is 0 Å². The SMILES string of the molecule is N[C@@H](c1ccc(C(F)(F)F)cc1C(F)(F)F)[C@H](O)Cc1ccccc1. The number of rotatable bonds is 4. The van der Waals surface area contributed by atoms with Gasteiger partial charge in [-0.15, -0.1) is 0 Å². The molecule has 2 rings (SSSR count). The summed E-state index contributed by atoms with van der Waals surface area (Å²) in [5.74, 6) is 0. The molecule has 0 bridgehead atoms. The summed E-state index contributed by atoms with van der Waals surface area (Å²) < 4.78 is 77.5. The Morgan fingerprint density at radius 2 is 1.48 bits per heavy atom. The molecule has 0 heterocycles. The van der Waals surface area contributed by atoms with Crippen molar-refractivity contribution in [3.8, 4) is 0 Å². The molecule has 2 nitrogen and oxygen atoms in total. The molecule has 25 heavy (non-hydrogen) atoms. The van der Waals surface area contributed by atoms with Crippen LogP contribution in [0.4, 0.5) is 26.3 Å². The van der Waals surface area contributed by atoms with E-state index in [4.69, 9.17) is 5.73 Å². The normalized spacial score (nSPS) is 15.0. The monoisotopic (exact) mass is 363 g/mol. The molecule has 0 saturated heterocycles. The van der Waals surface area contributed by atoms with Crippen molar-refractivity contribution in [3.05, 3.63) is 70.8 Å². The molecule has 0 aliphatic carbocycles. The molecule has 0 aliphatic rings. The van der Waals surface area contributed by atoms with Gasteiger partial charge >= 0.3 is 12.4 Å². The first-order valence-corrected chi connectivity index (χ1v) is 7.26. The first kappa shape index (κ1) is 19.3. The van der Waals surface area contributed by atoms with Crippen molar-refractivity contribution >= 4 is 0 Å². The Morgan fingerprint density at radius 1 is 0.880 bits per heavy atom. The molecule has 0 saturated carbocycles. The van der Waals surface area contributed by atoms with Gasteiger partial charge in [0.15, 0.2) is 0 Å². The Bertz CT molecular complexity index is 711. The average Bonchev–Trinajstić information content (AvgIpc) is 2.53. The van der Waals surface area contributed by atoms with Gasteiger partial charge in [-0.1, -0.05) is 36.4 Å². The summed E-state index contributed by atoms with van der Waals surface area (Å²) in [5.41, 5.74) is 2.86. The number of aliphatic hydroxyl groups is 1. The summed E-state index contributed by atoms with van der Waals surface area (Å²) in [6.45, 7) is 0. The Balaban J connectivity index is 2.36. The Morgan fingerprint density at radius 3 is 2.00 bits per heavy atom. The molecular weight excluding hydrogens is 348 g/mol. The molecule has 0 amide bonds. The fourth-order valence-corrected chi connectivity index (χ4v) is 2.46. The molecule has 0 fully saturated rings. The smallest absolute Gasteiger partial charge is 0.391 e. The maximum absolute atomic E-state index is 13.2. The van der Waals surface area contributed by atoms with E-state index < -0.39 is 41.2 Å². The van der Waals surface area contributed by atoms with Crippen LogP contribution in [0.5, 0.6) is 0 Å². The highest BCUT2D eigenvalue weighted by Crippen LogP contribution is 2.39. The van der Waals surface area contributed by atoms with Crippen molar-refractivity contribution in [1.29, 1.82) is 0 Å². The minimum atomic E-state index is -5.03. The molecule has 0 spiro atoms. The third-order valence-electron chi connectivity index (χ3n) is 3.75. The van der Waals surface area contributed by atoms with Crippen LogP contribution in [0, 0.1) is 0 Å². The summed E-state index contributed by atoms with van der Waals surface area (Å²) in [6, 6.07) is 8.15. The summed E-state index contributed by atoms with van der Waals surface area (Å²) >= 11 is 0. The van der Waals surface area contributed by atoms with Crippen LogP contribution in [0.2, 0.25) is 0 Å². The predicted molar refractivity (Wildman–Crippen MR) is 79.5 cm³/mol. The van der Waals surface area contributed by atoms with Crippen LogP contribution in [0.3, 0.4) is 0 Å². The van der Waals surface area contributed by atoms with E-state index in [-0.39, 0.29) is 12.5 Å². The van der Waals surface area contributed by atoms with Crippen molar-refractivity contribution in [2.45, 2.75) is 30.9 Å². The third kappa shape index (κ3) is 4.73. The molecule has 2 aromatic carbocycles. The van der Waals surface area contributed by atoms with Crippen LogP contribution in [-0.4, -0.2) is 11.2 Å². The number of hydrogen-bond acceptors (Lipinski definition) is 2. The Kier molecular flexibility index (Phi) is 5.43. The fourth-order valence-electron chi connectivity index (χ4n) is 2.46. The van der Waals surface area contributed by atoms with E-state index in [9.17, 15) is 31.4 Å². The van der Waals surface area contributed by atoms with Crippen LogP contribution in [0.25, 0.3) is 0 Å². The number of nitrogens with two attached hydrogens (primary N) is 1. The molecular formula is C17H15F6NO. The average molecular weight is 363 g/mol. The van der Waals surface area contributed by atoms with Crippen LogP contribution in [0.15, 0.2) is 48.5 Å². The van der Waals surface area contributed by atoms with Crippen molar-refractivity contribution in [1.82, 2.24) is 0 Å². The minimum Gasteiger partial charge on any atom is -0.391 e. The second kappa shape index (κ2) is 7.05. The summed E-state index contributed by atoms with van der Waals surface area (Å²) in [6.07, 6.45) is -11.4. The molecule has 136 valence electrons. The van der Waals surface area contributed by atoms with Crippen molar-refractivity contribution < 1.29 is 31.4 Å². The van der Waals surface area contributed by atoms with E-state index in [0.717, 1.165) is 0 Å². The second-order valence-electron chi connectivity index (χ2n) is 5.58. The van der Waals surface area contributed by atoms with Gasteiger partial charge in [0.05, 0.1) is 23.3 Å². The van der Waals surface area contributed by atoms with Gasteiger partial charge in [0.1, 0.15) is 0 Å². The lowest BCUT2D eigenvalue weighted by molar-refractivity contribution is -0.143. The standard InChI is InChI=1S/C17H15F6NO/c18-16(19,20)11-6-7-12(13(9-11)17(21,22)23)15(24)14(25)8-10-4-2-1-3-5-10/h1-7,9,14-15,25H,8,24H2/t14-,15+/m1/s1. The first-order valence-electron chi connectivity index (χ1n) is 7.26. The van der Waals surface area contributed by atoms with Gasteiger partial charge in [0, 0.05) is 6.42 Å². The highest BCUT2D eigenvalue weighted by molar-refractivity contribution is 5.38. The first-order chi connectivity index (χ1) is 11.5. The zero-order valence-electron chi connectivity index (χ0n) is 12.8. The molecule has 0 unspecified atom stereocenters. The van der Waals surface area contributed by atoms with Gasteiger partial charge < -0.3 is 10.8 Å². The molecule has 2 atom stereocenters. The molecule has 0 radical (unpaired) electrons. The highest BCUT2D eigenvalue weighted by atomic mass is 19.4. The van der Waals surface area contributed by atoms with E-state index in [0.29, 0.717) is 17.7 Å². The Labute approximate surface area is 139 Å². The third-order valence-corrected chi connectivity index (χ3v) is 3.75. The van der Waals surface area contributed by atoms with Gasteiger partial charge in [-0.05, 0) is 23.3 Å². The van der Waals surface area contributed by atoms with Crippen molar-refractivity contribution in [2.24, 2.45) is 5.73 Å². The van der Waals surface area contributed by atoms with Gasteiger partial charge in [0.25, 0.3) is 0 Å². The number of hydrogen-bond donors (Lipinski definition) is 2. The number of aliphatic hydroxyl groups excluding tert-OH is 1. The zero-order valence-corrected chi connectivity index (χ0v) is 12.8. The van der Waals surface area contributed by atoms with Crippen molar-refractivity contribution in [2.75, 3.05) is 0 Å². The fraction of sp³-hybridized carbons (Fsp3) is 0.294. The predicted octanol–water partition coefficient (Wildman–Crippen LogP) is 4.33. The Hall–Kier alpha value is -2.06. The van der Waals surface area contributed by atoms with Crippen LogP contribution in [0.1, 0.15) is 28.3 Å². The van der Waals surface area contributed by atoms with E-state index >= 15 is 0 Å². The van der Waals surface area contributed by atoms with Crippen LogP contribution >= 0.6 is 0 Å². The van der Waals surface area contributed by atoms with E-state index in [1.165, 1.54) is 0 Å². The lowest BCUT2D eigenvalue weighted by Gasteiger charge is -2.24. The van der Waals surface area contributed by atoms with Crippen molar-refractivity contribution in [3.63, 3.8) is 0 Å². The number of halogens is 6. The topological polar surface area (TPSA) is 46.2 Å². The molecule has 0 aliphatic heterocycles. The molecule has 2 aromatic rings.